The van der Waals surface area contributed by atoms with E-state index in [1.807, 2.05) is 30.3 Å². The van der Waals surface area contributed by atoms with Gasteiger partial charge in [-0.2, -0.15) is 0 Å². The van der Waals surface area contributed by atoms with Crippen molar-refractivity contribution < 1.29 is 21.6 Å². The minimum atomic E-state index is -4.26. The predicted molar refractivity (Wildman–Crippen MR) is 91.4 cm³/mol. The number of rotatable bonds is 5. The molecular weight excluding hydrogens is 365 g/mol. The number of hydrogen-bond acceptors (Lipinski definition) is 3. The van der Waals surface area contributed by atoms with Crippen LogP contribution in [0.4, 0.5) is 13.2 Å². The van der Waals surface area contributed by atoms with Crippen LogP contribution in [0.25, 0.3) is 0 Å². The standard InChI is InChI=1S/C18H19F3N2O2S/c19-15-6-7-16(18(21)17(15)20)26(24,25)22-14-8-10-23(11-9-14)12-13-4-2-1-3-5-13/h1-7,14,22H,8-12H2. The summed E-state index contributed by atoms with van der Waals surface area (Å²) in [6.07, 6.45) is 1.11. The summed E-state index contributed by atoms with van der Waals surface area (Å²) in [6.45, 7) is 2.14. The maximum Gasteiger partial charge on any atom is 0.243 e. The predicted octanol–water partition coefficient (Wildman–Crippen LogP) is 3.05. The van der Waals surface area contributed by atoms with Crippen molar-refractivity contribution in [2.75, 3.05) is 13.1 Å². The van der Waals surface area contributed by atoms with Crippen LogP contribution in [0.15, 0.2) is 47.4 Å². The van der Waals surface area contributed by atoms with Crippen LogP contribution >= 0.6 is 0 Å². The van der Waals surface area contributed by atoms with Crippen molar-refractivity contribution in [1.29, 1.82) is 0 Å². The Bertz CT molecular complexity index is 868. The molecule has 2 aromatic rings. The van der Waals surface area contributed by atoms with Crippen molar-refractivity contribution in [1.82, 2.24) is 9.62 Å². The van der Waals surface area contributed by atoms with Gasteiger partial charge in [-0.1, -0.05) is 30.3 Å². The van der Waals surface area contributed by atoms with Gasteiger partial charge in [0.1, 0.15) is 4.90 Å². The largest absolute Gasteiger partial charge is 0.299 e. The van der Waals surface area contributed by atoms with Gasteiger partial charge in [-0.05, 0) is 30.5 Å². The second-order valence-electron chi connectivity index (χ2n) is 6.33. The molecule has 2 aromatic carbocycles. The van der Waals surface area contributed by atoms with Crippen molar-refractivity contribution in [3.63, 3.8) is 0 Å². The van der Waals surface area contributed by atoms with Gasteiger partial charge in [0, 0.05) is 25.7 Å². The van der Waals surface area contributed by atoms with Gasteiger partial charge in [0.15, 0.2) is 17.5 Å². The summed E-state index contributed by atoms with van der Waals surface area (Å²) >= 11 is 0. The highest BCUT2D eigenvalue weighted by atomic mass is 32.2. The zero-order valence-electron chi connectivity index (χ0n) is 14.0. The Labute approximate surface area is 150 Å². The van der Waals surface area contributed by atoms with E-state index in [2.05, 4.69) is 9.62 Å². The van der Waals surface area contributed by atoms with Crippen molar-refractivity contribution in [2.45, 2.75) is 30.3 Å². The molecule has 1 saturated heterocycles. The lowest BCUT2D eigenvalue weighted by Crippen LogP contribution is -2.44. The van der Waals surface area contributed by atoms with Gasteiger partial charge in [0.2, 0.25) is 10.0 Å². The molecule has 0 atom stereocenters. The molecule has 3 rings (SSSR count). The van der Waals surface area contributed by atoms with Gasteiger partial charge >= 0.3 is 0 Å². The number of halogens is 3. The smallest absolute Gasteiger partial charge is 0.243 e. The van der Waals surface area contributed by atoms with E-state index in [1.54, 1.807) is 0 Å². The van der Waals surface area contributed by atoms with Crippen molar-refractivity contribution in [3.05, 3.63) is 65.5 Å². The minimum absolute atomic E-state index is 0.375. The third-order valence-corrected chi connectivity index (χ3v) is 5.99. The molecule has 26 heavy (non-hydrogen) atoms. The third kappa shape index (κ3) is 4.25. The van der Waals surface area contributed by atoms with E-state index in [-0.39, 0.29) is 6.04 Å². The van der Waals surface area contributed by atoms with Gasteiger partial charge in [0.25, 0.3) is 0 Å². The topological polar surface area (TPSA) is 49.4 Å². The fraction of sp³-hybridized carbons (Fsp3) is 0.333. The maximum atomic E-state index is 13.8. The summed E-state index contributed by atoms with van der Waals surface area (Å²) < 4.78 is 67.1. The Hall–Kier alpha value is -1.90. The van der Waals surface area contributed by atoms with Gasteiger partial charge in [-0.3, -0.25) is 4.90 Å². The van der Waals surface area contributed by atoms with E-state index >= 15 is 0 Å². The molecule has 1 heterocycles. The van der Waals surface area contributed by atoms with Gasteiger partial charge < -0.3 is 0 Å². The SMILES string of the molecule is O=S(=O)(NC1CCN(Cc2ccccc2)CC1)c1ccc(F)c(F)c1F. The minimum Gasteiger partial charge on any atom is -0.299 e. The monoisotopic (exact) mass is 384 g/mol. The Morgan fingerprint density at radius 2 is 1.62 bits per heavy atom. The van der Waals surface area contributed by atoms with E-state index < -0.39 is 32.4 Å². The van der Waals surface area contributed by atoms with E-state index in [0.29, 0.717) is 32.0 Å². The Morgan fingerprint density at radius 1 is 0.962 bits per heavy atom. The molecule has 140 valence electrons. The molecule has 1 aliphatic rings. The first-order valence-corrected chi connectivity index (χ1v) is 9.77. The summed E-state index contributed by atoms with van der Waals surface area (Å²) in [4.78, 5) is 1.33. The molecule has 1 aliphatic heterocycles. The lowest BCUT2D eigenvalue weighted by molar-refractivity contribution is 0.200. The molecule has 0 unspecified atom stereocenters. The number of hydrogen-bond donors (Lipinski definition) is 1. The average Bonchev–Trinajstić information content (AvgIpc) is 2.62. The highest BCUT2D eigenvalue weighted by Gasteiger charge is 2.28. The van der Waals surface area contributed by atoms with Gasteiger partial charge in [-0.25, -0.2) is 26.3 Å². The van der Waals surface area contributed by atoms with Crippen LogP contribution in [0.2, 0.25) is 0 Å². The quantitative estimate of drug-likeness (QED) is 0.807. The summed E-state index contributed by atoms with van der Waals surface area (Å²) in [5.74, 6) is -4.90. The first-order chi connectivity index (χ1) is 12.4. The molecule has 0 aliphatic carbocycles. The summed E-state index contributed by atoms with van der Waals surface area (Å²) in [6, 6.07) is 10.9. The Balaban J connectivity index is 1.61. The number of nitrogens with zero attached hydrogens (tertiary/aromatic N) is 1. The number of sulfonamides is 1. The Kier molecular flexibility index (Phi) is 5.64. The summed E-state index contributed by atoms with van der Waals surface area (Å²) in [5, 5.41) is 0. The number of piperidine rings is 1. The van der Waals surface area contributed by atoms with Crippen LogP contribution in [0.1, 0.15) is 18.4 Å². The highest BCUT2D eigenvalue weighted by Crippen LogP contribution is 2.21. The van der Waals surface area contributed by atoms with Crippen LogP contribution in [0, 0.1) is 17.5 Å². The van der Waals surface area contributed by atoms with Crippen LogP contribution in [0.3, 0.4) is 0 Å². The summed E-state index contributed by atoms with van der Waals surface area (Å²) in [7, 11) is -4.26. The second-order valence-corrected chi connectivity index (χ2v) is 8.01. The van der Waals surface area contributed by atoms with Crippen LogP contribution in [-0.4, -0.2) is 32.4 Å². The van der Waals surface area contributed by atoms with Crippen LogP contribution < -0.4 is 4.72 Å². The number of benzene rings is 2. The molecule has 1 N–H and O–H groups in total. The molecule has 0 bridgehead atoms. The lowest BCUT2D eigenvalue weighted by Gasteiger charge is -2.32. The van der Waals surface area contributed by atoms with E-state index in [1.165, 1.54) is 5.56 Å². The molecule has 8 heteroatoms. The first-order valence-electron chi connectivity index (χ1n) is 8.29. The number of likely N-dealkylation sites (tertiary alicyclic amines) is 1. The molecule has 0 saturated carbocycles. The van der Waals surface area contributed by atoms with Crippen molar-refractivity contribution in [3.8, 4) is 0 Å². The molecule has 0 aromatic heterocycles. The Morgan fingerprint density at radius 3 is 2.27 bits per heavy atom. The van der Waals surface area contributed by atoms with E-state index in [4.69, 9.17) is 0 Å². The highest BCUT2D eigenvalue weighted by molar-refractivity contribution is 7.89. The fourth-order valence-electron chi connectivity index (χ4n) is 3.05. The fourth-order valence-corrected chi connectivity index (χ4v) is 4.42. The molecular formula is C18H19F3N2O2S. The molecule has 0 spiro atoms. The van der Waals surface area contributed by atoms with E-state index in [0.717, 1.165) is 12.6 Å². The number of nitrogens with one attached hydrogen (secondary N) is 1. The van der Waals surface area contributed by atoms with Crippen molar-refractivity contribution in [2.24, 2.45) is 0 Å². The lowest BCUT2D eigenvalue weighted by atomic mass is 10.1. The van der Waals surface area contributed by atoms with Crippen molar-refractivity contribution >= 4 is 10.0 Å². The third-order valence-electron chi connectivity index (χ3n) is 4.45. The zero-order chi connectivity index (χ0) is 18.7. The van der Waals surface area contributed by atoms with Gasteiger partial charge in [-0.15, -0.1) is 0 Å². The van der Waals surface area contributed by atoms with Crippen LogP contribution in [-0.2, 0) is 16.6 Å². The van der Waals surface area contributed by atoms with Crippen LogP contribution in [0.5, 0.6) is 0 Å². The molecule has 1 fully saturated rings. The zero-order valence-corrected chi connectivity index (χ0v) is 14.8. The molecule has 0 amide bonds. The van der Waals surface area contributed by atoms with E-state index in [9.17, 15) is 21.6 Å². The second kappa shape index (κ2) is 7.77. The normalized spacial score (nSPS) is 16.7. The maximum absolute atomic E-state index is 13.8. The summed E-state index contributed by atoms with van der Waals surface area (Å²) in [5.41, 5.74) is 1.18. The first kappa shape index (κ1) is 18.9. The average molecular weight is 384 g/mol. The van der Waals surface area contributed by atoms with Gasteiger partial charge in [0.05, 0.1) is 0 Å². The molecule has 0 radical (unpaired) electrons. The molecule has 4 nitrogen and oxygen atoms in total.